The molecular formula is C18H35N5O2. The summed E-state index contributed by atoms with van der Waals surface area (Å²) in [5.74, 6) is 1.10. The first-order chi connectivity index (χ1) is 12.0. The summed E-state index contributed by atoms with van der Waals surface area (Å²) in [6.45, 7) is 11.3. The lowest BCUT2D eigenvalue weighted by Crippen LogP contribution is -2.49. The Bertz CT molecular complexity index is 441. The van der Waals surface area contributed by atoms with Crippen LogP contribution in [-0.2, 0) is 4.74 Å². The lowest BCUT2D eigenvalue weighted by Gasteiger charge is -2.32. The quantitative estimate of drug-likeness (QED) is 0.560. The topological polar surface area (TPSA) is 83.2 Å². The monoisotopic (exact) mass is 353 g/mol. The summed E-state index contributed by atoms with van der Waals surface area (Å²) in [6, 6.07) is 0.743. The number of guanidine groups is 1. The van der Waals surface area contributed by atoms with Crippen LogP contribution in [0.3, 0.4) is 0 Å². The normalized spacial score (nSPS) is 21.6. The third kappa shape index (κ3) is 6.06. The summed E-state index contributed by atoms with van der Waals surface area (Å²) in [4.78, 5) is 20.6. The molecular weight excluding hydrogens is 318 g/mol. The fourth-order valence-corrected chi connectivity index (χ4v) is 3.69. The molecule has 0 bridgehead atoms. The van der Waals surface area contributed by atoms with Crippen LogP contribution in [0.1, 0.15) is 46.5 Å². The average molecular weight is 354 g/mol. The van der Waals surface area contributed by atoms with Crippen molar-refractivity contribution in [3.8, 4) is 0 Å². The van der Waals surface area contributed by atoms with E-state index in [1.54, 1.807) is 4.90 Å². The fourth-order valence-electron chi connectivity index (χ4n) is 3.69. The number of nitrogens with two attached hydrogens (primary N) is 1. The van der Waals surface area contributed by atoms with Gasteiger partial charge in [0.15, 0.2) is 5.96 Å². The zero-order valence-electron chi connectivity index (χ0n) is 16.0. The molecule has 2 saturated heterocycles. The van der Waals surface area contributed by atoms with Crippen LogP contribution in [0.5, 0.6) is 0 Å². The Labute approximate surface area is 152 Å². The van der Waals surface area contributed by atoms with Crippen LogP contribution in [0.15, 0.2) is 4.99 Å². The van der Waals surface area contributed by atoms with E-state index in [4.69, 9.17) is 10.5 Å². The molecule has 7 heteroatoms. The van der Waals surface area contributed by atoms with E-state index < -0.39 is 0 Å². The molecule has 0 radical (unpaired) electrons. The fraction of sp³-hybridized carbons (Fsp3) is 0.889. The molecule has 1 atom stereocenters. The van der Waals surface area contributed by atoms with Crippen molar-refractivity contribution in [3.63, 3.8) is 0 Å². The minimum atomic E-state index is -0.215. The number of carbonyl (C=O) groups is 1. The van der Waals surface area contributed by atoms with E-state index in [9.17, 15) is 4.79 Å². The smallest absolute Gasteiger partial charge is 0.409 e. The minimum absolute atomic E-state index is 0.215. The highest BCUT2D eigenvalue weighted by Gasteiger charge is 2.25. The molecule has 144 valence electrons. The first-order valence-electron chi connectivity index (χ1n) is 9.73. The second-order valence-corrected chi connectivity index (χ2v) is 7.38. The van der Waals surface area contributed by atoms with Crippen molar-refractivity contribution in [2.24, 2.45) is 16.6 Å². The molecule has 0 aromatic heterocycles. The second-order valence-electron chi connectivity index (χ2n) is 7.38. The molecule has 1 unspecified atom stereocenters. The first kappa shape index (κ1) is 19.8. The van der Waals surface area contributed by atoms with Gasteiger partial charge in [-0.1, -0.05) is 13.8 Å². The van der Waals surface area contributed by atoms with E-state index in [1.165, 1.54) is 25.9 Å². The molecule has 3 N–H and O–H groups in total. The van der Waals surface area contributed by atoms with Gasteiger partial charge >= 0.3 is 6.09 Å². The van der Waals surface area contributed by atoms with Crippen molar-refractivity contribution in [1.82, 2.24) is 15.1 Å². The third-order valence-electron chi connectivity index (χ3n) is 5.20. The second kappa shape index (κ2) is 9.85. The van der Waals surface area contributed by atoms with Crippen LogP contribution >= 0.6 is 0 Å². The number of nitrogens with one attached hydrogen (secondary N) is 1. The van der Waals surface area contributed by atoms with Gasteiger partial charge in [-0.2, -0.15) is 0 Å². The maximum Gasteiger partial charge on any atom is 0.409 e. The minimum Gasteiger partial charge on any atom is -0.450 e. The Morgan fingerprint density at radius 2 is 1.88 bits per heavy atom. The van der Waals surface area contributed by atoms with Crippen LogP contribution in [0, 0.1) is 5.92 Å². The van der Waals surface area contributed by atoms with Crippen molar-refractivity contribution in [3.05, 3.63) is 0 Å². The van der Waals surface area contributed by atoms with Gasteiger partial charge in [0, 0.05) is 25.2 Å². The molecule has 0 aromatic carbocycles. The van der Waals surface area contributed by atoms with E-state index >= 15 is 0 Å². The highest BCUT2D eigenvalue weighted by atomic mass is 16.6. The maximum absolute atomic E-state index is 11.7. The maximum atomic E-state index is 11.7. The molecule has 0 aliphatic carbocycles. The molecule has 2 rings (SSSR count). The SMILES string of the molecule is CCOC(=O)N1CCC(NC(N)=NCC(C(C)C)N2CCCC2)CC1. The highest BCUT2D eigenvalue weighted by Crippen LogP contribution is 2.18. The molecule has 2 aliphatic heterocycles. The van der Waals surface area contributed by atoms with Gasteiger partial charge in [0.2, 0.25) is 0 Å². The van der Waals surface area contributed by atoms with Crippen LogP contribution < -0.4 is 11.1 Å². The lowest BCUT2D eigenvalue weighted by atomic mass is 10.0. The van der Waals surface area contributed by atoms with Gasteiger partial charge in [-0.15, -0.1) is 0 Å². The summed E-state index contributed by atoms with van der Waals surface area (Å²) < 4.78 is 5.05. The molecule has 2 aliphatic rings. The predicted octanol–water partition coefficient (Wildman–Crippen LogP) is 1.63. The summed E-state index contributed by atoms with van der Waals surface area (Å²) in [7, 11) is 0. The summed E-state index contributed by atoms with van der Waals surface area (Å²) in [5.41, 5.74) is 6.11. The van der Waals surface area contributed by atoms with Gasteiger partial charge in [-0.05, 0) is 51.6 Å². The Kier molecular flexibility index (Phi) is 7.81. The number of piperidine rings is 1. The van der Waals surface area contributed by atoms with Crippen LogP contribution in [0.4, 0.5) is 4.79 Å². The van der Waals surface area contributed by atoms with Crippen molar-refractivity contribution in [2.45, 2.75) is 58.5 Å². The van der Waals surface area contributed by atoms with Crippen molar-refractivity contribution >= 4 is 12.1 Å². The zero-order chi connectivity index (χ0) is 18.2. The van der Waals surface area contributed by atoms with Crippen molar-refractivity contribution < 1.29 is 9.53 Å². The number of aliphatic imine (C=N–C) groups is 1. The number of hydrogen-bond acceptors (Lipinski definition) is 4. The largest absolute Gasteiger partial charge is 0.450 e. The molecule has 0 saturated carbocycles. The summed E-state index contributed by atoms with van der Waals surface area (Å²) in [6.07, 6.45) is 4.11. The molecule has 25 heavy (non-hydrogen) atoms. The number of likely N-dealkylation sites (tertiary alicyclic amines) is 2. The molecule has 1 amide bonds. The standard InChI is InChI=1S/C18H35N5O2/c1-4-25-18(24)23-11-7-15(8-12-23)21-17(19)20-13-16(14(2)3)22-9-5-6-10-22/h14-16H,4-13H2,1-3H3,(H3,19,20,21). The van der Waals surface area contributed by atoms with E-state index in [0.717, 1.165) is 19.4 Å². The van der Waals surface area contributed by atoms with Crippen molar-refractivity contribution in [2.75, 3.05) is 39.3 Å². The average Bonchev–Trinajstić information content (AvgIpc) is 3.10. The number of carbonyl (C=O) groups excluding carboxylic acids is 1. The van der Waals surface area contributed by atoms with Crippen molar-refractivity contribution in [1.29, 1.82) is 0 Å². The van der Waals surface area contributed by atoms with Crippen LogP contribution in [0.25, 0.3) is 0 Å². The number of hydrogen-bond donors (Lipinski definition) is 2. The van der Waals surface area contributed by atoms with Gasteiger partial charge in [0.25, 0.3) is 0 Å². The summed E-state index contributed by atoms with van der Waals surface area (Å²) in [5, 5.41) is 3.33. The Morgan fingerprint density at radius 1 is 1.24 bits per heavy atom. The predicted molar refractivity (Wildman–Crippen MR) is 101 cm³/mol. The van der Waals surface area contributed by atoms with Gasteiger partial charge < -0.3 is 20.7 Å². The third-order valence-corrected chi connectivity index (χ3v) is 5.20. The summed E-state index contributed by atoms with van der Waals surface area (Å²) >= 11 is 0. The van der Waals surface area contributed by atoms with Crippen LogP contribution in [0.2, 0.25) is 0 Å². The van der Waals surface area contributed by atoms with E-state index in [-0.39, 0.29) is 12.1 Å². The van der Waals surface area contributed by atoms with E-state index in [0.29, 0.717) is 37.6 Å². The Morgan fingerprint density at radius 3 is 2.44 bits per heavy atom. The van der Waals surface area contributed by atoms with Crippen LogP contribution in [-0.4, -0.2) is 73.3 Å². The molecule has 7 nitrogen and oxygen atoms in total. The van der Waals surface area contributed by atoms with Gasteiger partial charge in [0.1, 0.15) is 0 Å². The van der Waals surface area contributed by atoms with Gasteiger partial charge in [-0.3, -0.25) is 9.89 Å². The first-order valence-corrected chi connectivity index (χ1v) is 9.73. The Hall–Kier alpha value is -1.50. The molecule has 0 spiro atoms. The molecule has 2 heterocycles. The number of amides is 1. The molecule has 0 aromatic rings. The highest BCUT2D eigenvalue weighted by molar-refractivity contribution is 5.78. The number of rotatable bonds is 6. The van der Waals surface area contributed by atoms with Gasteiger partial charge in [-0.25, -0.2) is 4.79 Å². The van der Waals surface area contributed by atoms with E-state index in [2.05, 4.69) is 29.1 Å². The zero-order valence-corrected chi connectivity index (χ0v) is 16.0. The molecule has 2 fully saturated rings. The number of nitrogens with zero attached hydrogens (tertiary/aromatic N) is 3. The van der Waals surface area contributed by atoms with E-state index in [1.807, 2.05) is 6.92 Å². The Balaban J connectivity index is 1.76. The van der Waals surface area contributed by atoms with Gasteiger partial charge in [0.05, 0.1) is 13.2 Å². The number of ether oxygens (including phenoxy) is 1. The lowest BCUT2D eigenvalue weighted by molar-refractivity contribution is 0.0963.